The van der Waals surface area contributed by atoms with Crippen LogP contribution in [0.15, 0.2) is 273 Å². The third-order valence-electron chi connectivity index (χ3n) is 16.1. The molecule has 0 amide bonds. The van der Waals surface area contributed by atoms with Crippen LogP contribution in [0, 0.1) is 0 Å². The fourth-order valence-electron chi connectivity index (χ4n) is 13.1. The van der Waals surface area contributed by atoms with E-state index >= 15 is 0 Å². The van der Waals surface area contributed by atoms with Crippen molar-refractivity contribution in [2.45, 2.75) is 24.7 Å². The fraction of sp³-hybridized carbons (Fsp3) is 0.0556. The van der Waals surface area contributed by atoms with Crippen LogP contribution < -0.4 is 4.90 Å². The van der Waals surface area contributed by atoms with E-state index in [1.807, 2.05) is 0 Å². The maximum absolute atomic E-state index is 2.60. The van der Waals surface area contributed by atoms with Gasteiger partial charge in [0, 0.05) is 22.2 Å². The third-order valence-corrected chi connectivity index (χ3v) is 16.1. The standard InChI is InChI=1S/C72H51N/c1-71(2)63-39-20-37-60(67(63)61-45-43-50-27-15-16-33-58(50)70(61)71)68-57(49-25-9-4-10-26-49)36-21-41-65(68)73(54-44-46-56-51(47-54)28-19-35-55(56)48-23-7-3-8-24-48)66-42-22-40-64-69(66)59-34-17-18-38-62(59)72(64,52-29-11-5-12-30-52)53-31-13-6-14-32-53/h3-47H,1-2H3. The number of hydrogen-bond donors (Lipinski definition) is 0. The molecule has 0 spiro atoms. The summed E-state index contributed by atoms with van der Waals surface area (Å²) >= 11 is 0. The summed E-state index contributed by atoms with van der Waals surface area (Å²) < 4.78 is 0. The van der Waals surface area contributed by atoms with E-state index in [0.717, 1.165) is 17.1 Å². The summed E-state index contributed by atoms with van der Waals surface area (Å²) in [6.07, 6.45) is 0. The summed E-state index contributed by atoms with van der Waals surface area (Å²) in [7, 11) is 0. The first kappa shape index (κ1) is 42.8. The lowest BCUT2D eigenvalue weighted by atomic mass is 9.68. The molecule has 0 N–H and O–H groups in total. The van der Waals surface area contributed by atoms with Crippen molar-refractivity contribution >= 4 is 38.6 Å². The van der Waals surface area contributed by atoms with Crippen molar-refractivity contribution in [2.24, 2.45) is 0 Å². The first-order valence-electron chi connectivity index (χ1n) is 25.6. The van der Waals surface area contributed by atoms with E-state index in [-0.39, 0.29) is 5.41 Å². The van der Waals surface area contributed by atoms with Crippen molar-refractivity contribution in [3.63, 3.8) is 0 Å². The second kappa shape index (κ2) is 16.8. The van der Waals surface area contributed by atoms with E-state index in [1.54, 1.807) is 0 Å². The fourth-order valence-corrected chi connectivity index (χ4v) is 13.1. The zero-order chi connectivity index (χ0) is 48.7. The third kappa shape index (κ3) is 6.42. The van der Waals surface area contributed by atoms with Crippen LogP contribution in [0.3, 0.4) is 0 Å². The quantitative estimate of drug-likeness (QED) is 0.147. The lowest BCUT2D eigenvalue weighted by Crippen LogP contribution is -2.28. The van der Waals surface area contributed by atoms with Crippen molar-refractivity contribution < 1.29 is 0 Å². The minimum Gasteiger partial charge on any atom is -0.309 e. The van der Waals surface area contributed by atoms with Crippen molar-refractivity contribution in [1.29, 1.82) is 0 Å². The Labute approximate surface area is 428 Å². The first-order valence-corrected chi connectivity index (χ1v) is 25.6. The second-order valence-electron chi connectivity index (χ2n) is 20.3. The van der Waals surface area contributed by atoms with Gasteiger partial charge in [0.25, 0.3) is 0 Å². The highest BCUT2D eigenvalue weighted by atomic mass is 15.1. The molecule has 0 saturated heterocycles. The Bertz CT molecular complexity index is 4060. The summed E-state index contributed by atoms with van der Waals surface area (Å²) in [6, 6.07) is 102. The molecule has 0 radical (unpaired) electrons. The Balaban J connectivity index is 1.11. The first-order chi connectivity index (χ1) is 36.0. The predicted octanol–water partition coefficient (Wildman–Crippen LogP) is 19.1. The Kier molecular flexibility index (Phi) is 9.85. The van der Waals surface area contributed by atoms with Crippen molar-refractivity contribution in [1.82, 2.24) is 0 Å². The molecule has 2 aliphatic carbocycles. The maximum Gasteiger partial charge on any atom is 0.0714 e. The average molecular weight is 930 g/mol. The number of anilines is 3. The Morgan fingerprint density at radius 3 is 1.56 bits per heavy atom. The van der Waals surface area contributed by atoms with Crippen LogP contribution in [0.5, 0.6) is 0 Å². The molecular weight excluding hydrogens is 879 g/mol. The van der Waals surface area contributed by atoms with Gasteiger partial charge in [-0.2, -0.15) is 0 Å². The van der Waals surface area contributed by atoms with Gasteiger partial charge in [-0.15, -0.1) is 0 Å². The van der Waals surface area contributed by atoms with E-state index in [0.29, 0.717) is 0 Å². The van der Waals surface area contributed by atoms with Crippen LogP contribution in [0.4, 0.5) is 17.1 Å². The number of fused-ring (bicyclic) bond motifs is 9. The zero-order valence-electron chi connectivity index (χ0n) is 40.9. The van der Waals surface area contributed by atoms with Gasteiger partial charge in [0.2, 0.25) is 0 Å². The molecule has 0 aromatic heterocycles. The number of nitrogens with zero attached hydrogens (tertiary/aromatic N) is 1. The topological polar surface area (TPSA) is 3.24 Å². The molecule has 0 saturated carbocycles. The van der Waals surface area contributed by atoms with E-state index in [4.69, 9.17) is 0 Å². The monoisotopic (exact) mass is 929 g/mol. The van der Waals surface area contributed by atoms with Crippen molar-refractivity contribution in [3.8, 4) is 55.6 Å². The molecule has 0 aliphatic heterocycles. The Morgan fingerprint density at radius 2 is 0.822 bits per heavy atom. The Morgan fingerprint density at radius 1 is 0.301 bits per heavy atom. The van der Waals surface area contributed by atoms with Gasteiger partial charge in [0.15, 0.2) is 0 Å². The molecule has 73 heavy (non-hydrogen) atoms. The number of benzene rings is 12. The molecule has 0 fully saturated rings. The summed E-state index contributed by atoms with van der Waals surface area (Å²) in [5.41, 5.74) is 22.6. The highest BCUT2D eigenvalue weighted by molar-refractivity contribution is 6.09. The molecule has 0 unspecified atom stereocenters. The minimum atomic E-state index is -0.572. The molecule has 12 aromatic rings. The van der Waals surface area contributed by atoms with Crippen molar-refractivity contribution in [3.05, 3.63) is 306 Å². The summed E-state index contributed by atoms with van der Waals surface area (Å²) in [5, 5.41) is 4.99. The summed E-state index contributed by atoms with van der Waals surface area (Å²) in [6.45, 7) is 4.83. The largest absolute Gasteiger partial charge is 0.309 e. The summed E-state index contributed by atoms with van der Waals surface area (Å²) in [5.74, 6) is 0. The van der Waals surface area contributed by atoms with E-state index < -0.39 is 5.41 Å². The summed E-state index contributed by atoms with van der Waals surface area (Å²) in [4.78, 5) is 2.60. The van der Waals surface area contributed by atoms with Crippen LogP contribution in [0.25, 0.3) is 77.2 Å². The van der Waals surface area contributed by atoms with Crippen LogP contribution >= 0.6 is 0 Å². The zero-order valence-corrected chi connectivity index (χ0v) is 40.9. The van der Waals surface area contributed by atoms with Gasteiger partial charge in [-0.3, -0.25) is 0 Å². The van der Waals surface area contributed by atoms with Gasteiger partial charge in [-0.25, -0.2) is 0 Å². The van der Waals surface area contributed by atoms with Gasteiger partial charge in [0.1, 0.15) is 0 Å². The normalized spacial score (nSPS) is 13.6. The lowest BCUT2D eigenvalue weighted by Gasteiger charge is -2.35. The second-order valence-corrected chi connectivity index (χ2v) is 20.3. The highest BCUT2D eigenvalue weighted by Crippen LogP contribution is 2.62. The van der Waals surface area contributed by atoms with Gasteiger partial charge >= 0.3 is 0 Å². The molecule has 1 heteroatoms. The number of rotatable bonds is 8. The maximum atomic E-state index is 2.60. The average Bonchev–Trinajstić information content (AvgIpc) is 3.91. The van der Waals surface area contributed by atoms with Gasteiger partial charge in [-0.05, 0) is 124 Å². The SMILES string of the molecule is CC1(C)c2cccc(-c3c(-c4ccccc4)cccc3N(c3ccc4c(-c5ccccc5)cccc4c3)c3cccc4c3-c3ccccc3C4(c3ccccc3)c3ccccc3)c2-c2ccc3ccccc3c21. The van der Waals surface area contributed by atoms with Gasteiger partial charge in [-0.1, -0.05) is 263 Å². The van der Waals surface area contributed by atoms with Gasteiger partial charge < -0.3 is 4.90 Å². The van der Waals surface area contributed by atoms with E-state index in [1.165, 1.54) is 111 Å². The van der Waals surface area contributed by atoms with E-state index in [2.05, 4.69) is 292 Å². The molecule has 0 bridgehead atoms. The molecule has 0 atom stereocenters. The highest BCUT2D eigenvalue weighted by Gasteiger charge is 2.47. The molecule has 2 aliphatic rings. The van der Waals surface area contributed by atoms with Crippen LogP contribution in [-0.2, 0) is 10.8 Å². The Hall–Kier alpha value is -9.04. The predicted molar refractivity (Wildman–Crippen MR) is 307 cm³/mol. The van der Waals surface area contributed by atoms with Crippen molar-refractivity contribution in [2.75, 3.05) is 4.90 Å². The lowest BCUT2D eigenvalue weighted by molar-refractivity contribution is 0.666. The van der Waals surface area contributed by atoms with Crippen LogP contribution in [0.2, 0.25) is 0 Å². The van der Waals surface area contributed by atoms with Crippen LogP contribution in [-0.4, -0.2) is 0 Å². The minimum absolute atomic E-state index is 0.236. The van der Waals surface area contributed by atoms with Crippen LogP contribution in [0.1, 0.15) is 47.2 Å². The number of hydrogen-bond acceptors (Lipinski definition) is 1. The molecule has 14 rings (SSSR count). The molecule has 344 valence electrons. The molecule has 0 heterocycles. The molecule has 1 nitrogen and oxygen atoms in total. The van der Waals surface area contributed by atoms with E-state index in [9.17, 15) is 0 Å². The smallest absolute Gasteiger partial charge is 0.0714 e. The van der Waals surface area contributed by atoms with Gasteiger partial charge in [0.05, 0.1) is 16.8 Å². The molecular formula is C72H51N. The molecule has 12 aromatic carbocycles.